The van der Waals surface area contributed by atoms with Crippen molar-refractivity contribution in [3.05, 3.63) is 29.8 Å². The van der Waals surface area contributed by atoms with Crippen LogP contribution in [-0.2, 0) is 4.79 Å². The molecule has 0 radical (unpaired) electrons. The third kappa shape index (κ3) is 6.75. The number of benzene rings is 1. The molecule has 0 spiro atoms. The van der Waals surface area contributed by atoms with E-state index in [1.165, 1.54) is 7.05 Å². The molecule has 9 heteroatoms. The summed E-state index contributed by atoms with van der Waals surface area (Å²) in [5.74, 6) is -0.462. The molecule has 2 N–H and O–H groups in total. The summed E-state index contributed by atoms with van der Waals surface area (Å²) in [5, 5.41) is 4.67. The first-order valence-electron chi connectivity index (χ1n) is 8.33. The zero-order valence-corrected chi connectivity index (χ0v) is 15.9. The molecule has 3 amide bonds. The van der Waals surface area contributed by atoms with E-state index in [9.17, 15) is 22.8 Å². The maximum Gasteiger partial charge on any atom is 0.452 e. The lowest BCUT2D eigenvalue weighted by molar-refractivity contribution is -0.121. The summed E-state index contributed by atoms with van der Waals surface area (Å²) in [5.41, 5.74) is -3.60. The first-order chi connectivity index (χ1) is 12.3. The monoisotopic (exact) mass is 406 g/mol. The molecule has 4 nitrogen and oxygen atoms in total. The lowest BCUT2D eigenvalue weighted by Crippen LogP contribution is -2.40. The normalized spacial score (nSPS) is 16.3. The van der Waals surface area contributed by atoms with E-state index in [-0.39, 0.29) is 16.7 Å². The third-order valence-corrected chi connectivity index (χ3v) is 6.47. The maximum absolute atomic E-state index is 12.5. The van der Waals surface area contributed by atoms with Gasteiger partial charge in [-0.05, 0) is 40.8 Å². The van der Waals surface area contributed by atoms with Gasteiger partial charge in [-0.2, -0.15) is 13.2 Å². The van der Waals surface area contributed by atoms with Gasteiger partial charge in [-0.25, -0.2) is 4.79 Å². The van der Waals surface area contributed by atoms with Gasteiger partial charge in [0, 0.05) is 22.7 Å². The van der Waals surface area contributed by atoms with Crippen LogP contribution in [0.2, 0.25) is 0 Å². The molecule has 1 unspecified atom stereocenters. The summed E-state index contributed by atoms with van der Waals surface area (Å²) >= 11 is 0. The van der Waals surface area contributed by atoms with Crippen molar-refractivity contribution < 1.29 is 22.8 Å². The quantitative estimate of drug-likeness (QED) is 0.648. The van der Waals surface area contributed by atoms with Crippen molar-refractivity contribution in [2.24, 2.45) is 5.92 Å². The van der Waals surface area contributed by atoms with Gasteiger partial charge in [0.2, 0.25) is 5.91 Å². The fourth-order valence-electron chi connectivity index (χ4n) is 3.09. The lowest BCUT2D eigenvalue weighted by Gasteiger charge is -2.20. The average molecular weight is 406 g/mol. The summed E-state index contributed by atoms with van der Waals surface area (Å²) in [6.07, 6.45) is 5.02. The van der Waals surface area contributed by atoms with Crippen LogP contribution in [-0.4, -0.2) is 24.5 Å². The van der Waals surface area contributed by atoms with Gasteiger partial charge in [-0.15, -0.1) is 0 Å². The van der Waals surface area contributed by atoms with Crippen LogP contribution in [0.5, 0.6) is 0 Å². The van der Waals surface area contributed by atoms with Crippen LogP contribution in [0.3, 0.4) is 0 Å². The van der Waals surface area contributed by atoms with E-state index in [0.29, 0.717) is 33.6 Å². The second kappa shape index (κ2) is 9.55. The molecule has 26 heavy (non-hydrogen) atoms. The standard InChI is InChI=1S/C17H21F3N2O2S2/c1-21-16(24)22-15(23)14(10-11-4-2-3-5-11)12-6-8-13(9-7-12)25-26-17(18,19)20/h6-9,11,14H,2-5,10H2,1H3,(H2,21,22,23,24). The van der Waals surface area contributed by atoms with Crippen LogP contribution in [0.15, 0.2) is 29.2 Å². The van der Waals surface area contributed by atoms with E-state index >= 15 is 0 Å². The van der Waals surface area contributed by atoms with Crippen LogP contribution < -0.4 is 10.6 Å². The fourth-order valence-corrected chi connectivity index (χ4v) is 4.43. The predicted molar refractivity (Wildman–Crippen MR) is 97.9 cm³/mol. The van der Waals surface area contributed by atoms with Gasteiger partial charge in [0.25, 0.3) is 0 Å². The summed E-state index contributed by atoms with van der Waals surface area (Å²) in [7, 11) is 1.89. The van der Waals surface area contributed by atoms with Crippen molar-refractivity contribution in [3.63, 3.8) is 0 Å². The fraction of sp³-hybridized carbons (Fsp3) is 0.529. The van der Waals surface area contributed by atoms with Crippen molar-refractivity contribution in [1.29, 1.82) is 0 Å². The molecule has 0 bridgehead atoms. The van der Waals surface area contributed by atoms with Crippen LogP contribution in [0.1, 0.15) is 43.6 Å². The van der Waals surface area contributed by atoms with Gasteiger partial charge in [0.05, 0.1) is 5.92 Å². The number of alkyl halides is 3. The zero-order chi connectivity index (χ0) is 19.2. The highest BCUT2D eigenvalue weighted by atomic mass is 33.1. The smallest absolute Gasteiger partial charge is 0.341 e. The molecule has 1 aromatic carbocycles. The Morgan fingerprint density at radius 1 is 1.19 bits per heavy atom. The van der Waals surface area contributed by atoms with Crippen molar-refractivity contribution in [2.45, 2.75) is 48.4 Å². The van der Waals surface area contributed by atoms with Gasteiger partial charge in [-0.3, -0.25) is 10.1 Å². The second-order valence-electron chi connectivity index (χ2n) is 6.19. The number of carbonyl (C=O) groups is 2. The lowest BCUT2D eigenvalue weighted by atomic mass is 9.87. The first-order valence-corrected chi connectivity index (χ1v) is 10.5. The van der Waals surface area contributed by atoms with Gasteiger partial charge in [0.15, 0.2) is 0 Å². The molecule has 0 aromatic heterocycles. The number of imide groups is 1. The molecule has 1 aromatic rings. The maximum atomic E-state index is 12.5. The van der Waals surface area contributed by atoms with E-state index in [0.717, 1.165) is 25.7 Å². The number of amides is 3. The summed E-state index contributed by atoms with van der Waals surface area (Å²) < 4.78 is 36.9. The highest BCUT2D eigenvalue weighted by Crippen LogP contribution is 2.44. The van der Waals surface area contributed by atoms with Crippen molar-refractivity contribution in [2.75, 3.05) is 7.05 Å². The van der Waals surface area contributed by atoms with Gasteiger partial charge >= 0.3 is 11.5 Å². The number of hydrogen-bond acceptors (Lipinski definition) is 4. The Kier molecular flexibility index (Phi) is 7.69. The minimum absolute atomic E-state index is 0.171. The van der Waals surface area contributed by atoms with Crippen molar-refractivity contribution in [1.82, 2.24) is 10.6 Å². The van der Waals surface area contributed by atoms with Crippen molar-refractivity contribution in [3.8, 4) is 0 Å². The molecule has 0 saturated heterocycles. The number of urea groups is 1. The summed E-state index contributed by atoms with van der Waals surface area (Å²) in [6.45, 7) is 0. The van der Waals surface area contributed by atoms with Crippen LogP contribution in [0, 0.1) is 5.92 Å². The first kappa shape index (κ1) is 21.0. The number of halogens is 3. The summed E-state index contributed by atoms with van der Waals surface area (Å²) in [4.78, 5) is 24.4. The molecule has 1 saturated carbocycles. The molecular weight excluding hydrogens is 385 g/mol. The highest BCUT2D eigenvalue weighted by molar-refractivity contribution is 8.77. The van der Waals surface area contributed by atoms with E-state index in [1.807, 2.05) is 0 Å². The number of nitrogens with one attached hydrogen (secondary N) is 2. The van der Waals surface area contributed by atoms with Gasteiger partial charge in [0.1, 0.15) is 0 Å². The Hall–Kier alpha value is -1.35. The highest BCUT2D eigenvalue weighted by Gasteiger charge is 2.30. The van der Waals surface area contributed by atoms with Crippen LogP contribution in [0.4, 0.5) is 18.0 Å². The molecule has 2 rings (SSSR count). The largest absolute Gasteiger partial charge is 0.452 e. The van der Waals surface area contributed by atoms with E-state index in [2.05, 4.69) is 10.6 Å². The average Bonchev–Trinajstić information content (AvgIpc) is 3.10. The summed E-state index contributed by atoms with van der Waals surface area (Å²) in [6, 6.07) is 5.92. The SMILES string of the molecule is CNC(=O)NC(=O)C(CC1CCCC1)c1ccc(SSC(F)(F)F)cc1. The second-order valence-corrected chi connectivity index (χ2v) is 8.46. The molecule has 1 fully saturated rings. The minimum Gasteiger partial charge on any atom is -0.341 e. The molecule has 1 atom stereocenters. The minimum atomic E-state index is -4.30. The Labute approximate surface area is 158 Å². The van der Waals surface area contributed by atoms with Gasteiger partial charge < -0.3 is 5.32 Å². The molecule has 0 aliphatic heterocycles. The van der Waals surface area contributed by atoms with E-state index in [1.54, 1.807) is 24.3 Å². The molecule has 1 aliphatic rings. The number of hydrogen-bond donors (Lipinski definition) is 2. The van der Waals surface area contributed by atoms with Crippen LogP contribution >= 0.6 is 21.6 Å². The van der Waals surface area contributed by atoms with Crippen LogP contribution in [0.25, 0.3) is 0 Å². The Balaban J connectivity index is 2.10. The molecule has 144 valence electrons. The Morgan fingerprint density at radius 2 is 1.81 bits per heavy atom. The number of rotatable bonds is 6. The third-order valence-electron chi connectivity index (χ3n) is 4.34. The molecule has 0 heterocycles. The van der Waals surface area contributed by atoms with E-state index < -0.39 is 17.5 Å². The predicted octanol–water partition coefficient (Wildman–Crippen LogP) is 5.07. The molecule has 1 aliphatic carbocycles. The Bertz CT molecular complexity index is 617. The topological polar surface area (TPSA) is 58.2 Å². The Morgan fingerprint density at radius 3 is 2.35 bits per heavy atom. The van der Waals surface area contributed by atoms with E-state index in [4.69, 9.17) is 0 Å². The van der Waals surface area contributed by atoms with Crippen molar-refractivity contribution >= 4 is 33.5 Å². The molecular formula is C17H21F3N2O2S2. The van der Waals surface area contributed by atoms with Gasteiger partial charge in [-0.1, -0.05) is 37.8 Å². The zero-order valence-electron chi connectivity index (χ0n) is 14.3. The number of carbonyl (C=O) groups excluding carboxylic acids is 2.